The van der Waals surface area contributed by atoms with Crippen molar-refractivity contribution >= 4 is 11.6 Å². The first-order valence-electron chi connectivity index (χ1n) is 5.55. The van der Waals surface area contributed by atoms with Gasteiger partial charge < -0.3 is 4.57 Å². The molecule has 2 aliphatic rings. The number of likely N-dealkylation sites (N-methyl/N-ethyl adjacent to an activating group) is 1. The monoisotopic (exact) mass is 218 g/mol. The van der Waals surface area contributed by atoms with E-state index >= 15 is 0 Å². The fourth-order valence-electron chi connectivity index (χ4n) is 2.89. The van der Waals surface area contributed by atoms with Gasteiger partial charge in [0.2, 0.25) is 11.6 Å². The molecular weight excluding hydrogens is 204 g/mol. The van der Waals surface area contributed by atoms with Crippen molar-refractivity contribution in [1.82, 2.24) is 9.47 Å². The minimum atomic E-state index is -0.310. The molecule has 1 aromatic rings. The third-order valence-electron chi connectivity index (χ3n) is 3.75. The van der Waals surface area contributed by atoms with Crippen molar-refractivity contribution in [1.29, 1.82) is 0 Å². The number of carbonyl (C=O) groups is 2. The van der Waals surface area contributed by atoms with Crippen LogP contribution in [-0.2, 0) is 18.3 Å². The van der Waals surface area contributed by atoms with Crippen molar-refractivity contribution in [3.8, 4) is 0 Å². The van der Waals surface area contributed by atoms with E-state index in [1.807, 2.05) is 24.9 Å². The van der Waals surface area contributed by atoms with Gasteiger partial charge in [-0.3, -0.25) is 14.5 Å². The van der Waals surface area contributed by atoms with Crippen LogP contribution in [0.5, 0.6) is 0 Å². The van der Waals surface area contributed by atoms with E-state index < -0.39 is 0 Å². The minimum Gasteiger partial charge on any atom is -0.347 e. The number of Topliss-reactive ketones (excluding diaryl/α,β-unsaturated/α-hetero) is 2. The lowest BCUT2D eigenvalue weighted by atomic mass is 9.84. The summed E-state index contributed by atoms with van der Waals surface area (Å²) in [5.74, 6) is -0.561. The number of ketones is 2. The van der Waals surface area contributed by atoms with Crippen LogP contribution in [0.4, 0.5) is 0 Å². The summed E-state index contributed by atoms with van der Waals surface area (Å²) in [7, 11) is 3.87. The summed E-state index contributed by atoms with van der Waals surface area (Å²) in [6.45, 7) is 0.961. The summed E-state index contributed by atoms with van der Waals surface area (Å²) < 4.78 is 1.82. The molecule has 4 heteroatoms. The third kappa shape index (κ3) is 1.08. The smallest absolute Gasteiger partial charge is 0.245 e. The molecule has 1 atom stereocenters. The Kier molecular flexibility index (Phi) is 1.86. The van der Waals surface area contributed by atoms with Crippen molar-refractivity contribution in [2.24, 2.45) is 7.05 Å². The van der Waals surface area contributed by atoms with Crippen molar-refractivity contribution in [2.45, 2.75) is 18.9 Å². The van der Waals surface area contributed by atoms with E-state index in [0.717, 1.165) is 18.5 Å². The zero-order valence-corrected chi connectivity index (χ0v) is 9.49. The highest BCUT2D eigenvalue weighted by atomic mass is 16.2. The van der Waals surface area contributed by atoms with Crippen LogP contribution < -0.4 is 0 Å². The predicted molar refractivity (Wildman–Crippen MR) is 58.4 cm³/mol. The van der Waals surface area contributed by atoms with Gasteiger partial charge in [-0.1, -0.05) is 0 Å². The highest BCUT2D eigenvalue weighted by Crippen LogP contribution is 2.38. The molecule has 0 unspecified atom stereocenters. The quantitative estimate of drug-likeness (QED) is 0.602. The van der Waals surface area contributed by atoms with Crippen LogP contribution in [0.25, 0.3) is 0 Å². The molecule has 0 saturated carbocycles. The van der Waals surface area contributed by atoms with Crippen LogP contribution in [0.2, 0.25) is 0 Å². The van der Waals surface area contributed by atoms with E-state index in [4.69, 9.17) is 0 Å². The molecule has 0 aromatic carbocycles. The van der Waals surface area contributed by atoms with E-state index in [2.05, 4.69) is 4.90 Å². The molecule has 1 aliphatic carbocycles. The Balaban J connectivity index is 2.27. The van der Waals surface area contributed by atoms with Gasteiger partial charge in [0.15, 0.2) is 0 Å². The molecule has 16 heavy (non-hydrogen) atoms. The minimum absolute atomic E-state index is 0.116. The van der Waals surface area contributed by atoms with Gasteiger partial charge >= 0.3 is 0 Å². The van der Waals surface area contributed by atoms with Gasteiger partial charge in [0.1, 0.15) is 0 Å². The summed E-state index contributed by atoms with van der Waals surface area (Å²) in [4.78, 5) is 25.7. The lowest BCUT2D eigenvalue weighted by molar-refractivity contribution is -0.116. The van der Waals surface area contributed by atoms with Gasteiger partial charge in [0, 0.05) is 37.8 Å². The lowest BCUT2D eigenvalue weighted by Gasteiger charge is -2.35. The van der Waals surface area contributed by atoms with Gasteiger partial charge in [-0.05, 0) is 19.0 Å². The number of carbonyl (C=O) groups excluding carboxylic acids is 2. The third-order valence-corrected chi connectivity index (χ3v) is 3.75. The molecule has 0 N–H and O–H groups in total. The maximum atomic E-state index is 11.9. The summed E-state index contributed by atoms with van der Waals surface area (Å²) >= 11 is 0. The van der Waals surface area contributed by atoms with Crippen LogP contribution in [0.3, 0.4) is 0 Å². The van der Waals surface area contributed by atoms with Crippen molar-refractivity contribution < 1.29 is 9.59 Å². The molecule has 0 fully saturated rings. The zero-order valence-electron chi connectivity index (χ0n) is 9.49. The lowest BCUT2D eigenvalue weighted by Crippen LogP contribution is -2.38. The average molecular weight is 218 g/mol. The maximum absolute atomic E-state index is 11.9. The van der Waals surface area contributed by atoms with Crippen LogP contribution in [-0.4, -0.2) is 34.6 Å². The molecule has 1 aromatic heterocycles. The van der Waals surface area contributed by atoms with Crippen molar-refractivity contribution in [2.75, 3.05) is 13.6 Å². The molecule has 84 valence electrons. The second kappa shape index (κ2) is 3.04. The van der Waals surface area contributed by atoms with Crippen molar-refractivity contribution in [3.05, 3.63) is 23.0 Å². The highest BCUT2D eigenvalue weighted by molar-refractivity contribution is 6.44. The maximum Gasteiger partial charge on any atom is 0.245 e. The summed E-state index contributed by atoms with van der Waals surface area (Å²) in [6.07, 6.45) is 3.32. The Hall–Kier alpha value is -1.42. The van der Waals surface area contributed by atoms with Gasteiger partial charge in [-0.15, -0.1) is 0 Å². The first-order valence-corrected chi connectivity index (χ1v) is 5.55. The Morgan fingerprint density at radius 1 is 1.31 bits per heavy atom. The molecule has 2 heterocycles. The second-order valence-electron chi connectivity index (χ2n) is 4.73. The van der Waals surface area contributed by atoms with Gasteiger partial charge in [0.05, 0.1) is 5.69 Å². The number of aryl methyl sites for hydroxylation is 1. The summed E-state index contributed by atoms with van der Waals surface area (Å²) in [6, 6.07) is 0.116. The Labute approximate surface area is 93.8 Å². The number of aromatic nitrogens is 1. The van der Waals surface area contributed by atoms with Gasteiger partial charge in [-0.25, -0.2) is 0 Å². The van der Waals surface area contributed by atoms with Crippen LogP contribution >= 0.6 is 0 Å². The summed E-state index contributed by atoms with van der Waals surface area (Å²) in [5.41, 5.74) is 2.95. The average Bonchev–Trinajstić information content (AvgIpc) is 2.57. The standard InChI is InChI=1S/C12H14N2O2/c1-13-4-3-7-6-14(2)11-10(7)8(13)5-9(15)12(11)16/h6,8H,3-5H2,1-2H3/t8-/m0/s1. The Morgan fingerprint density at radius 2 is 2.06 bits per heavy atom. The molecule has 1 aliphatic heterocycles. The number of nitrogens with zero attached hydrogens (tertiary/aromatic N) is 2. The summed E-state index contributed by atoms with van der Waals surface area (Å²) in [5, 5.41) is 0. The first-order chi connectivity index (χ1) is 7.59. The molecule has 0 spiro atoms. The van der Waals surface area contributed by atoms with E-state index in [-0.39, 0.29) is 17.6 Å². The second-order valence-corrected chi connectivity index (χ2v) is 4.73. The van der Waals surface area contributed by atoms with Crippen LogP contribution in [0.15, 0.2) is 6.20 Å². The molecule has 0 bridgehead atoms. The predicted octanol–water partition coefficient (Wildman–Crippen LogP) is 0.710. The van der Waals surface area contributed by atoms with E-state index in [9.17, 15) is 9.59 Å². The Bertz CT molecular complexity index is 501. The number of rotatable bonds is 0. The molecule has 0 radical (unpaired) electrons. The van der Waals surface area contributed by atoms with Crippen LogP contribution in [0.1, 0.15) is 34.1 Å². The van der Waals surface area contributed by atoms with E-state index in [0.29, 0.717) is 12.1 Å². The molecule has 0 saturated heterocycles. The molecule has 3 rings (SSSR count). The number of hydrogen-bond donors (Lipinski definition) is 0. The SMILES string of the molecule is CN1CCc2cn(C)c3c2[C@@H]1CC(=O)C3=O. The molecular formula is C12H14N2O2. The van der Waals surface area contributed by atoms with Crippen LogP contribution in [0, 0.1) is 0 Å². The zero-order chi connectivity index (χ0) is 11.4. The highest BCUT2D eigenvalue weighted by Gasteiger charge is 2.40. The largest absolute Gasteiger partial charge is 0.347 e. The normalized spacial score (nSPS) is 24.8. The van der Waals surface area contributed by atoms with E-state index in [1.54, 1.807) is 0 Å². The molecule has 4 nitrogen and oxygen atoms in total. The van der Waals surface area contributed by atoms with Crippen molar-refractivity contribution in [3.63, 3.8) is 0 Å². The van der Waals surface area contributed by atoms with E-state index in [1.165, 1.54) is 5.56 Å². The van der Waals surface area contributed by atoms with Gasteiger partial charge in [-0.2, -0.15) is 0 Å². The fourth-order valence-corrected chi connectivity index (χ4v) is 2.89. The number of hydrogen-bond acceptors (Lipinski definition) is 3. The first kappa shape index (κ1) is 9.78. The Morgan fingerprint density at radius 3 is 2.81 bits per heavy atom. The fraction of sp³-hybridized carbons (Fsp3) is 0.500. The van der Waals surface area contributed by atoms with Gasteiger partial charge in [0.25, 0.3) is 0 Å². The topological polar surface area (TPSA) is 42.3 Å². The molecule has 0 amide bonds.